The number of amides is 2. The van der Waals surface area contributed by atoms with Crippen LogP contribution >= 0.6 is 0 Å². The van der Waals surface area contributed by atoms with Gasteiger partial charge in [-0.3, -0.25) is 9.59 Å². The quantitative estimate of drug-likeness (QED) is 0.774. The van der Waals surface area contributed by atoms with Gasteiger partial charge in [0.1, 0.15) is 5.82 Å². The zero-order chi connectivity index (χ0) is 20.1. The Labute approximate surface area is 165 Å². The summed E-state index contributed by atoms with van der Waals surface area (Å²) in [5.74, 6) is -0.500. The highest BCUT2D eigenvalue weighted by atomic mass is 19.1. The monoisotopic (exact) mass is 380 g/mol. The first kappa shape index (κ1) is 19.8. The number of hydrogen-bond acceptors (Lipinski definition) is 2. The fourth-order valence-corrected chi connectivity index (χ4v) is 3.82. The Kier molecular flexibility index (Phi) is 5.93. The SMILES string of the molecule is C=CC(=O)NCc1ccc(C(=O)N2CCCC2(C)Cc2cccc(F)c2)cc1. The van der Waals surface area contributed by atoms with Gasteiger partial charge in [0.25, 0.3) is 5.91 Å². The summed E-state index contributed by atoms with van der Waals surface area (Å²) in [5, 5.41) is 2.71. The van der Waals surface area contributed by atoms with E-state index in [1.807, 2.05) is 23.1 Å². The first-order chi connectivity index (χ1) is 13.4. The van der Waals surface area contributed by atoms with Crippen molar-refractivity contribution in [3.05, 3.63) is 83.7 Å². The molecule has 4 nitrogen and oxygen atoms in total. The van der Waals surface area contributed by atoms with Gasteiger partial charge in [0, 0.05) is 24.2 Å². The Balaban J connectivity index is 1.71. The van der Waals surface area contributed by atoms with E-state index in [9.17, 15) is 14.0 Å². The van der Waals surface area contributed by atoms with Crippen LogP contribution in [0.2, 0.25) is 0 Å². The molecule has 146 valence electrons. The zero-order valence-corrected chi connectivity index (χ0v) is 16.1. The molecule has 28 heavy (non-hydrogen) atoms. The van der Waals surface area contributed by atoms with E-state index in [4.69, 9.17) is 0 Å². The van der Waals surface area contributed by atoms with Gasteiger partial charge in [-0.1, -0.05) is 30.8 Å². The molecule has 2 amide bonds. The van der Waals surface area contributed by atoms with Crippen LogP contribution in [0.1, 0.15) is 41.3 Å². The Morgan fingerprint density at radius 3 is 2.64 bits per heavy atom. The summed E-state index contributed by atoms with van der Waals surface area (Å²) >= 11 is 0. The van der Waals surface area contributed by atoms with E-state index in [1.165, 1.54) is 12.1 Å². The van der Waals surface area contributed by atoms with Crippen molar-refractivity contribution in [2.45, 2.75) is 38.3 Å². The minimum absolute atomic E-state index is 0.0157. The first-order valence-electron chi connectivity index (χ1n) is 9.47. The Hall–Kier alpha value is -2.95. The summed E-state index contributed by atoms with van der Waals surface area (Å²) in [6, 6.07) is 13.9. The summed E-state index contributed by atoms with van der Waals surface area (Å²) in [6.07, 6.45) is 3.68. The fraction of sp³-hybridized carbons (Fsp3) is 0.304. The van der Waals surface area contributed by atoms with Gasteiger partial charge < -0.3 is 10.2 Å². The van der Waals surface area contributed by atoms with Crippen molar-refractivity contribution >= 4 is 11.8 Å². The zero-order valence-electron chi connectivity index (χ0n) is 16.1. The predicted octanol–water partition coefficient (Wildman–Crippen LogP) is 3.87. The van der Waals surface area contributed by atoms with Gasteiger partial charge in [0.05, 0.1) is 0 Å². The number of likely N-dealkylation sites (tertiary alicyclic amines) is 1. The molecule has 1 aliphatic rings. The number of halogens is 1. The number of nitrogens with zero attached hydrogens (tertiary/aromatic N) is 1. The molecule has 5 heteroatoms. The van der Waals surface area contributed by atoms with Crippen molar-refractivity contribution in [2.75, 3.05) is 6.54 Å². The van der Waals surface area contributed by atoms with Crippen LogP contribution in [0.5, 0.6) is 0 Å². The average Bonchev–Trinajstić information content (AvgIpc) is 3.06. The van der Waals surface area contributed by atoms with Crippen LogP contribution in [0.15, 0.2) is 61.2 Å². The van der Waals surface area contributed by atoms with Gasteiger partial charge >= 0.3 is 0 Å². The van der Waals surface area contributed by atoms with Crippen molar-refractivity contribution in [3.8, 4) is 0 Å². The summed E-state index contributed by atoms with van der Waals surface area (Å²) in [4.78, 5) is 26.3. The van der Waals surface area contributed by atoms with Crippen LogP contribution in [0.25, 0.3) is 0 Å². The molecule has 0 spiro atoms. The minimum Gasteiger partial charge on any atom is -0.348 e. The highest BCUT2D eigenvalue weighted by Gasteiger charge is 2.39. The molecule has 1 fully saturated rings. The van der Waals surface area contributed by atoms with Crippen molar-refractivity contribution in [3.63, 3.8) is 0 Å². The number of benzene rings is 2. The molecule has 0 saturated carbocycles. The Morgan fingerprint density at radius 2 is 1.96 bits per heavy atom. The number of carbonyl (C=O) groups excluding carboxylic acids is 2. The Bertz CT molecular complexity index is 878. The minimum atomic E-state index is -0.332. The molecule has 2 aromatic carbocycles. The van der Waals surface area contributed by atoms with Crippen LogP contribution in [-0.4, -0.2) is 28.8 Å². The van der Waals surface area contributed by atoms with Crippen LogP contribution in [0, 0.1) is 5.82 Å². The molecule has 0 radical (unpaired) electrons. The highest BCUT2D eigenvalue weighted by molar-refractivity contribution is 5.95. The second-order valence-corrected chi connectivity index (χ2v) is 7.48. The lowest BCUT2D eigenvalue weighted by molar-refractivity contribution is -0.116. The summed E-state index contributed by atoms with van der Waals surface area (Å²) in [6.45, 7) is 6.58. The summed E-state index contributed by atoms with van der Waals surface area (Å²) in [5.41, 5.74) is 2.10. The second-order valence-electron chi connectivity index (χ2n) is 7.48. The van der Waals surface area contributed by atoms with Crippen LogP contribution in [-0.2, 0) is 17.8 Å². The van der Waals surface area contributed by atoms with Crippen molar-refractivity contribution in [1.82, 2.24) is 10.2 Å². The Morgan fingerprint density at radius 1 is 1.21 bits per heavy atom. The summed E-state index contributed by atoms with van der Waals surface area (Å²) < 4.78 is 13.5. The van der Waals surface area contributed by atoms with Gasteiger partial charge in [-0.15, -0.1) is 0 Å². The van der Waals surface area contributed by atoms with Crippen molar-refractivity contribution in [1.29, 1.82) is 0 Å². The van der Waals surface area contributed by atoms with E-state index in [0.29, 0.717) is 25.1 Å². The van der Waals surface area contributed by atoms with Gasteiger partial charge in [-0.05, 0) is 67.7 Å². The summed E-state index contributed by atoms with van der Waals surface area (Å²) in [7, 11) is 0. The van der Waals surface area contributed by atoms with Crippen LogP contribution in [0.3, 0.4) is 0 Å². The third-order valence-corrected chi connectivity index (χ3v) is 5.32. The first-order valence-corrected chi connectivity index (χ1v) is 9.47. The van der Waals surface area contributed by atoms with Crippen molar-refractivity contribution in [2.24, 2.45) is 0 Å². The second kappa shape index (κ2) is 8.38. The highest BCUT2D eigenvalue weighted by Crippen LogP contribution is 2.33. The molecule has 0 bridgehead atoms. The standard InChI is InChI=1S/C23H25FN2O2/c1-3-21(27)25-16-17-8-10-19(11-9-17)22(28)26-13-5-12-23(26,2)15-18-6-4-7-20(24)14-18/h3-4,6-11,14H,1,5,12-13,15-16H2,2H3,(H,25,27). The normalized spacial score (nSPS) is 18.7. The maximum absolute atomic E-state index is 13.5. The average molecular weight is 380 g/mol. The molecule has 0 aromatic heterocycles. The smallest absolute Gasteiger partial charge is 0.254 e. The largest absolute Gasteiger partial charge is 0.348 e. The van der Waals surface area contributed by atoms with E-state index >= 15 is 0 Å². The lowest BCUT2D eigenvalue weighted by Gasteiger charge is -2.36. The molecule has 1 atom stereocenters. The van der Waals surface area contributed by atoms with Crippen LogP contribution in [0.4, 0.5) is 4.39 Å². The predicted molar refractivity (Wildman–Crippen MR) is 107 cm³/mol. The molecule has 1 N–H and O–H groups in total. The lowest BCUT2D eigenvalue weighted by atomic mass is 9.89. The maximum Gasteiger partial charge on any atom is 0.254 e. The van der Waals surface area contributed by atoms with Crippen LogP contribution < -0.4 is 5.32 Å². The van der Waals surface area contributed by atoms with E-state index in [2.05, 4.69) is 18.8 Å². The van der Waals surface area contributed by atoms with E-state index in [-0.39, 0.29) is 23.2 Å². The molecule has 2 aromatic rings. The third kappa shape index (κ3) is 4.47. The van der Waals surface area contributed by atoms with E-state index in [1.54, 1.807) is 24.3 Å². The molecule has 3 rings (SSSR count). The number of carbonyl (C=O) groups is 2. The number of nitrogens with one attached hydrogen (secondary N) is 1. The molecular weight excluding hydrogens is 355 g/mol. The molecule has 1 unspecified atom stereocenters. The van der Waals surface area contributed by atoms with Gasteiger partial charge in [0.15, 0.2) is 0 Å². The van der Waals surface area contributed by atoms with Gasteiger partial charge in [-0.25, -0.2) is 4.39 Å². The van der Waals surface area contributed by atoms with Gasteiger partial charge in [-0.2, -0.15) is 0 Å². The molecule has 0 aliphatic carbocycles. The lowest BCUT2D eigenvalue weighted by Crippen LogP contribution is -2.46. The number of rotatable bonds is 6. The molecule has 1 aliphatic heterocycles. The molecule has 1 saturated heterocycles. The maximum atomic E-state index is 13.5. The topological polar surface area (TPSA) is 49.4 Å². The fourth-order valence-electron chi connectivity index (χ4n) is 3.82. The third-order valence-electron chi connectivity index (χ3n) is 5.32. The number of hydrogen-bond donors (Lipinski definition) is 1. The van der Waals surface area contributed by atoms with Gasteiger partial charge in [0.2, 0.25) is 5.91 Å². The molecular formula is C23H25FN2O2. The van der Waals surface area contributed by atoms with E-state index in [0.717, 1.165) is 24.0 Å². The van der Waals surface area contributed by atoms with E-state index < -0.39 is 0 Å². The molecule has 1 heterocycles. The van der Waals surface area contributed by atoms with Crippen molar-refractivity contribution < 1.29 is 14.0 Å².